The Balaban J connectivity index is 1.95. The van der Waals surface area contributed by atoms with Crippen LogP contribution in [0.1, 0.15) is 25.7 Å². The minimum Gasteiger partial charge on any atom is -0.397 e. The van der Waals surface area contributed by atoms with Gasteiger partial charge >= 0.3 is 0 Å². The highest BCUT2D eigenvalue weighted by Gasteiger charge is 2.20. The quantitative estimate of drug-likeness (QED) is 0.824. The molecule has 0 bridgehead atoms. The van der Waals surface area contributed by atoms with Crippen molar-refractivity contribution in [2.45, 2.75) is 37.0 Å². The standard InChI is InChI=1S/C13H19BrN2S/c1-17-11-5-3-10(4-6-11)16-13-8-9(14)2-7-12(13)15/h2,7-8,10-11,16H,3-6,15H2,1H3. The van der Waals surface area contributed by atoms with Crippen LogP contribution in [-0.4, -0.2) is 17.5 Å². The van der Waals surface area contributed by atoms with Crippen molar-refractivity contribution in [3.05, 3.63) is 22.7 Å². The minimum atomic E-state index is 0.579. The first-order valence-electron chi connectivity index (χ1n) is 6.03. The molecule has 4 heteroatoms. The number of nitrogens with one attached hydrogen (secondary N) is 1. The van der Waals surface area contributed by atoms with E-state index in [0.29, 0.717) is 6.04 Å². The smallest absolute Gasteiger partial charge is 0.0587 e. The summed E-state index contributed by atoms with van der Waals surface area (Å²) in [4.78, 5) is 0. The topological polar surface area (TPSA) is 38.0 Å². The van der Waals surface area contributed by atoms with Crippen molar-refractivity contribution < 1.29 is 0 Å². The fourth-order valence-corrected chi connectivity index (χ4v) is 3.42. The third-order valence-corrected chi connectivity index (χ3v) is 5.01. The van der Waals surface area contributed by atoms with Gasteiger partial charge in [0.05, 0.1) is 11.4 Å². The van der Waals surface area contributed by atoms with Gasteiger partial charge in [-0.05, 0) is 50.1 Å². The molecule has 0 atom stereocenters. The molecule has 1 aliphatic carbocycles. The number of halogens is 1. The monoisotopic (exact) mass is 314 g/mol. The molecular formula is C13H19BrN2S. The van der Waals surface area contributed by atoms with Crippen LogP contribution >= 0.6 is 27.7 Å². The number of anilines is 2. The van der Waals surface area contributed by atoms with Gasteiger partial charge in [-0.1, -0.05) is 15.9 Å². The van der Waals surface area contributed by atoms with Gasteiger partial charge in [-0.3, -0.25) is 0 Å². The molecule has 1 aliphatic rings. The van der Waals surface area contributed by atoms with Crippen molar-refractivity contribution in [2.24, 2.45) is 0 Å². The Morgan fingerprint density at radius 3 is 2.65 bits per heavy atom. The second-order valence-electron chi connectivity index (χ2n) is 4.59. The largest absolute Gasteiger partial charge is 0.397 e. The fourth-order valence-electron chi connectivity index (χ4n) is 2.32. The van der Waals surface area contributed by atoms with Crippen LogP contribution < -0.4 is 11.1 Å². The lowest BCUT2D eigenvalue weighted by Crippen LogP contribution is -2.27. The predicted octanol–water partition coefficient (Wildman–Crippen LogP) is 4.12. The Labute approximate surface area is 116 Å². The van der Waals surface area contributed by atoms with Crippen molar-refractivity contribution >= 4 is 39.1 Å². The molecule has 1 fully saturated rings. The van der Waals surface area contributed by atoms with Crippen molar-refractivity contribution in [2.75, 3.05) is 17.3 Å². The first-order valence-corrected chi connectivity index (χ1v) is 8.11. The fraction of sp³-hybridized carbons (Fsp3) is 0.538. The summed E-state index contributed by atoms with van der Waals surface area (Å²) in [6.07, 6.45) is 7.33. The highest BCUT2D eigenvalue weighted by Crippen LogP contribution is 2.31. The first kappa shape index (κ1) is 13.1. The second-order valence-corrected chi connectivity index (χ2v) is 6.64. The van der Waals surface area contributed by atoms with E-state index in [1.165, 1.54) is 25.7 Å². The van der Waals surface area contributed by atoms with E-state index in [0.717, 1.165) is 21.1 Å². The zero-order chi connectivity index (χ0) is 12.3. The van der Waals surface area contributed by atoms with Gasteiger partial charge in [0.1, 0.15) is 0 Å². The maximum Gasteiger partial charge on any atom is 0.0587 e. The molecule has 1 saturated carbocycles. The summed E-state index contributed by atoms with van der Waals surface area (Å²) in [7, 11) is 0. The predicted molar refractivity (Wildman–Crippen MR) is 81.7 cm³/mol. The van der Waals surface area contributed by atoms with Crippen molar-refractivity contribution in [3.63, 3.8) is 0 Å². The van der Waals surface area contributed by atoms with Gasteiger partial charge < -0.3 is 11.1 Å². The zero-order valence-corrected chi connectivity index (χ0v) is 12.5. The van der Waals surface area contributed by atoms with E-state index in [9.17, 15) is 0 Å². The molecule has 1 aromatic carbocycles. The van der Waals surface area contributed by atoms with Crippen LogP contribution in [0.4, 0.5) is 11.4 Å². The number of rotatable bonds is 3. The Hall–Kier alpha value is -0.350. The maximum atomic E-state index is 5.97. The number of benzene rings is 1. The van der Waals surface area contributed by atoms with E-state index in [-0.39, 0.29) is 0 Å². The average Bonchev–Trinajstić information content (AvgIpc) is 2.35. The maximum absolute atomic E-state index is 5.97. The summed E-state index contributed by atoms with van der Waals surface area (Å²) in [6, 6.07) is 6.57. The molecule has 0 amide bonds. The SMILES string of the molecule is CSC1CCC(Nc2cc(Br)ccc2N)CC1. The summed E-state index contributed by atoms with van der Waals surface area (Å²) in [5.41, 5.74) is 7.87. The zero-order valence-electron chi connectivity index (χ0n) is 10.1. The van der Waals surface area contributed by atoms with E-state index < -0.39 is 0 Å². The molecule has 0 saturated heterocycles. The number of nitrogen functional groups attached to an aromatic ring is 1. The van der Waals surface area contributed by atoms with E-state index in [1.807, 2.05) is 23.9 Å². The molecule has 0 radical (unpaired) electrons. The molecule has 2 rings (SSSR count). The molecule has 94 valence electrons. The number of nitrogens with two attached hydrogens (primary N) is 1. The summed E-state index contributed by atoms with van der Waals surface area (Å²) in [6.45, 7) is 0. The summed E-state index contributed by atoms with van der Waals surface area (Å²) < 4.78 is 1.08. The van der Waals surface area contributed by atoms with Gasteiger partial charge in [0.2, 0.25) is 0 Å². The highest BCUT2D eigenvalue weighted by atomic mass is 79.9. The lowest BCUT2D eigenvalue weighted by atomic mass is 9.94. The minimum absolute atomic E-state index is 0.579. The molecule has 0 heterocycles. The van der Waals surface area contributed by atoms with Crippen molar-refractivity contribution in [1.82, 2.24) is 0 Å². The molecule has 2 nitrogen and oxygen atoms in total. The lowest BCUT2D eigenvalue weighted by molar-refractivity contribution is 0.473. The van der Waals surface area contributed by atoms with Crippen LogP contribution in [0.25, 0.3) is 0 Å². The number of hydrogen-bond acceptors (Lipinski definition) is 3. The van der Waals surface area contributed by atoms with Gasteiger partial charge in [-0.25, -0.2) is 0 Å². The summed E-state index contributed by atoms with van der Waals surface area (Å²) >= 11 is 5.48. The molecule has 0 unspecified atom stereocenters. The van der Waals surface area contributed by atoms with Crippen molar-refractivity contribution in [3.8, 4) is 0 Å². The molecule has 0 spiro atoms. The third-order valence-electron chi connectivity index (χ3n) is 3.38. The highest BCUT2D eigenvalue weighted by molar-refractivity contribution is 9.10. The van der Waals surface area contributed by atoms with Crippen molar-refractivity contribution in [1.29, 1.82) is 0 Å². The van der Waals surface area contributed by atoms with E-state index in [4.69, 9.17) is 5.73 Å². The number of thioether (sulfide) groups is 1. The molecule has 0 aliphatic heterocycles. The van der Waals surface area contributed by atoms with Crippen LogP contribution in [0.5, 0.6) is 0 Å². The van der Waals surface area contributed by atoms with E-state index >= 15 is 0 Å². The van der Waals surface area contributed by atoms with Crippen LogP contribution in [0.3, 0.4) is 0 Å². The molecule has 1 aromatic rings. The van der Waals surface area contributed by atoms with Gasteiger partial charge in [-0.2, -0.15) is 11.8 Å². The first-order chi connectivity index (χ1) is 8.19. The lowest BCUT2D eigenvalue weighted by Gasteiger charge is -2.29. The second kappa shape index (κ2) is 6.01. The molecule has 3 N–H and O–H groups in total. The van der Waals surface area contributed by atoms with E-state index in [2.05, 4.69) is 33.6 Å². The Morgan fingerprint density at radius 2 is 2.00 bits per heavy atom. The average molecular weight is 315 g/mol. The normalized spacial score (nSPS) is 24.6. The van der Waals surface area contributed by atoms with Gasteiger partial charge in [0, 0.05) is 15.8 Å². The number of hydrogen-bond donors (Lipinski definition) is 2. The molecule has 17 heavy (non-hydrogen) atoms. The van der Waals surface area contributed by atoms with Crippen LogP contribution in [0, 0.1) is 0 Å². The van der Waals surface area contributed by atoms with Crippen LogP contribution in [-0.2, 0) is 0 Å². The van der Waals surface area contributed by atoms with Crippen LogP contribution in [0.15, 0.2) is 22.7 Å². The third kappa shape index (κ3) is 3.55. The summed E-state index contributed by atoms with van der Waals surface area (Å²) in [5, 5.41) is 4.42. The van der Waals surface area contributed by atoms with Crippen LogP contribution in [0.2, 0.25) is 0 Å². The Morgan fingerprint density at radius 1 is 1.29 bits per heavy atom. The van der Waals surface area contributed by atoms with Gasteiger partial charge in [0.15, 0.2) is 0 Å². The summed E-state index contributed by atoms with van der Waals surface area (Å²) in [5.74, 6) is 0. The Kier molecular flexibility index (Phi) is 4.62. The molecular weight excluding hydrogens is 296 g/mol. The van der Waals surface area contributed by atoms with E-state index in [1.54, 1.807) is 0 Å². The molecule has 0 aromatic heterocycles. The van der Waals surface area contributed by atoms with Gasteiger partial charge in [0.25, 0.3) is 0 Å². The van der Waals surface area contributed by atoms with Gasteiger partial charge in [-0.15, -0.1) is 0 Å². The Bertz CT molecular complexity index is 376.